The van der Waals surface area contributed by atoms with E-state index in [2.05, 4.69) is 38.2 Å². The first-order chi connectivity index (χ1) is 29.2. The molecule has 3 atom stereocenters. The summed E-state index contributed by atoms with van der Waals surface area (Å²) in [6.07, 6.45) is 48.9. The second kappa shape index (κ2) is 45.0. The van der Waals surface area contributed by atoms with Crippen LogP contribution < -0.4 is 5.73 Å². The molecule has 0 fully saturated rings. The lowest BCUT2D eigenvalue weighted by atomic mass is 10.0. The number of carbonyl (C=O) groups excluding carboxylic acids is 2. The fraction of sp³-hybridized carbons (Fsp3) is 0.796. The number of rotatable bonds is 45. The van der Waals surface area contributed by atoms with Crippen molar-refractivity contribution in [2.75, 3.05) is 26.4 Å². The highest BCUT2D eigenvalue weighted by Gasteiger charge is 2.26. The molecule has 60 heavy (non-hydrogen) atoms. The predicted octanol–water partition coefficient (Wildman–Crippen LogP) is 13.3. The number of esters is 2. The van der Waals surface area contributed by atoms with E-state index < -0.39 is 38.6 Å². The third-order valence-corrected chi connectivity index (χ3v) is 11.3. The number of carbonyl (C=O) groups is 2. The number of hydrogen-bond acceptors (Lipinski definition) is 9. The fourth-order valence-corrected chi connectivity index (χ4v) is 7.45. The monoisotopic (exact) mass is 868 g/mol. The van der Waals surface area contributed by atoms with Gasteiger partial charge < -0.3 is 25.2 Å². The van der Waals surface area contributed by atoms with Crippen molar-refractivity contribution < 1.29 is 42.7 Å². The molecule has 0 aliphatic carbocycles. The molecule has 0 amide bonds. The van der Waals surface area contributed by atoms with Crippen LogP contribution in [0.25, 0.3) is 0 Å². The molecule has 11 heteroatoms. The van der Waals surface area contributed by atoms with Gasteiger partial charge in [0.2, 0.25) is 0 Å². The van der Waals surface area contributed by atoms with Gasteiger partial charge in [-0.1, -0.05) is 204 Å². The lowest BCUT2D eigenvalue weighted by Gasteiger charge is -2.20. The molecule has 350 valence electrons. The summed E-state index contributed by atoms with van der Waals surface area (Å²) >= 11 is 0. The number of phosphoric acid groups is 1. The van der Waals surface area contributed by atoms with Gasteiger partial charge in [-0.25, -0.2) is 4.57 Å². The van der Waals surface area contributed by atoms with Crippen LogP contribution in [0.2, 0.25) is 0 Å². The number of ether oxygens (including phenoxy) is 2. The summed E-state index contributed by atoms with van der Waals surface area (Å²) in [5.74, 6) is -1.02. The Bertz CT molecular complexity index is 1140. The Morgan fingerprint density at radius 2 is 1.07 bits per heavy atom. The Labute approximate surface area is 367 Å². The molecule has 0 spiro atoms. The lowest BCUT2D eigenvalue weighted by Crippen LogP contribution is -2.29. The molecule has 0 saturated heterocycles. The Hall–Kier alpha value is -2.07. The quantitative estimate of drug-likeness (QED) is 0.0177. The highest BCUT2D eigenvalue weighted by Crippen LogP contribution is 2.43. The Morgan fingerprint density at radius 1 is 0.583 bits per heavy atom. The lowest BCUT2D eigenvalue weighted by molar-refractivity contribution is -0.161. The van der Waals surface area contributed by atoms with Crippen molar-refractivity contribution in [3.05, 3.63) is 48.6 Å². The first-order valence-corrected chi connectivity index (χ1v) is 25.7. The fourth-order valence-electron chi connectivity index (χ4n) is 6.68. The van der Waals surface area contributed by atoms with E-state index in [1.54, 1.807) is 12.2 Å². The van der Waals surface area contributed by atoms with Crippen molar-refractivity contribution in [3.63, 3.8) is 0 Å². The normalized spacial score (nSPS) is 14.2. The van der Waals surface area contributed by atoms with Gasteiger partial charge in [-0.2, -0.15) is 0 Å². The Balaban J connectivity index is 4.22. The molecule has 0 bridgehead atoms. The van der Waals surface area contributed by atoms with Crippen LogP contribution >= 0.6 is 7.82 Å². The van der Waals surface area contributed by atoms with Crippen LogP contribution in [0.15, 0.2) is 48.6 Å². The van der Waals surface area contributed by atoms with Gasteiger partial charge in [-0.05, 0) is 44.9 Å². The molecule has 0 rings (SSSR count). The molecule has 0 aromatic heterocycles. The van der Waals surface area contributed by atoms with Gasteiger partial charge in [0.15, 0.2) is 6.10 Å². The molecular formula is C49H90NO9P. The van der Waals surface area contributed by atoms with Crippen LogP contribution in [0.5, 0.6) is 0 Å². The van der Waals surface area contributed by atoms with Gasteiger partial charge in [-0.15, -0.1) is 0 Å². The van der Waals surface area contributed by atoms with Gasteiger partial charge in [-0.3, -0.25) is 18.6 Å². The zero-order valence-corrected chi connectivity index (χ0v) is 39.2. The van der Waals surface area contributed by atoms with Crippen molar-refractivity contribution in [2.24, 2.45) is 5.73 Å². The van der Waals surface area contributed by atoms with Crippen LogP contribution in [0, 0.1) is 0 Å². The molecule has 0 heterocycles. The van der Waals surface area contributed by atoms with Gasteiger partial charge >= 0.3 is 19.8 Å². The minimum absolute atomic E-state index is 0.0276. The number of aliphatic hydroxyl groups is 1. The van der Waals surface area contributed by atoms with Gasteiger partial charge in [0.05, 0.1) is 19.3 Å². The molecular weight excluding hydrogens is 778 g/mol. The molecule has 0 aromatic rings. The molecule has 4 N–H and O–H groups in total. The van der Waals surface area contributed by atoms with E-state index in [0.29, 0.717) is 19.3 Å². The van der Waals surface area contributed by atoms with Crippen LogP contribution in [0.1, 0.15) is 213 Å². The summed E-state index contributed by atoms with van der Waals surface area (Å²) < 4.78 is 32.7. The molecule has 10 nitrogen and oxygen atoms in total. The first kappa shape index (κ1) is 57.9. The molecule has 1 unspecified atom stereocenters. The summed E-state index contributed by atoms with van der Waals surface area (Å²) in [5.41, 5.74) is 5.35. The summed E-state index contributed by atoms with van der Waals surface area (Å²) in [4.78, 5) is 35.0. The zero-order valence-electron chi connectivity index (χ0n) is 38.3. The average Bonchev–Trinajstić information content (AvgIpc) is 3.23. The summed E-state index contributed by atoms with van der Waals surface area (Å²) in [5, 5.41) is 10.3. The number of allylic oxidation sites excluding steroid dienone is 7. The minimum Gasteiger partial charge on any atom is -0.462 e. The van der Waals surface area contributed by atoms with E-state index in [9.17, 15) is 24.2 Å². The van der Waals surface area contributed by atoms with Gasteiger partial charge in [0.1, 0.15) is 6.61 Å². The first-order valence-electron chi connectivity index (χ1n) is 24.2. The molecule has 0 aliphatic heterocycles. The second-order valence-electron chi connectivity index (χ2n) is 16.2. The van der Waals surface area contributed by atoms with Gasteiger partial charge in [0, 0.05) is 19.4 Å². The summed E-state index contributed by atoms with van der Waals surface area (Å²) in [7, 11) is -4.42. The molecule has 0 aromatic carbocycles. The van der Waals surface area contributed by atoms with E-state index in [0.717, 1.165) is 38.5 Å². The smallest absolute Gasteiger partial charge is 0.462 e. The van der Waals surface area contributed by atoms with Crippen molar-refractivity contribution in [1.82, 2.24) is 0 Å². The van der Waals surface area contributed by atoms with E-state index in [-0.39, 0.29) is 32.6 Å². The largest absolute Gasteiger partial charge is 0.472 e. The van der Waals surface area contributed by atoms with Crippen molar-refractivity contribution in [1.29, 1.82) is 0 Å². The zero-order chi connectivity index (χ0) is 44.0. The van der Waals surface area contributed by atoms with Crippen molar-refractivity contribution in [3.8, 4) is 0 Å². The van der Waals surface area contributed by atoms with Crippen molar-refractivity contribution in [2.45, 2.75) is 225 Å². The Kier molecular flexibility index (Phi) is 43.4. The maximum Gasteiger partial charge on any atom is 0.472 e. The van der Waals surface area contributed by atoms with Crippen molar-refractivity contribution >= 4 is 19.8 Å². The SMILES string of the molecule is CCCCC/C=C\C/C=C\C/C=C\C=C\[C@@H](O)CCCC(=O)OC[C@H](COP(=O)(O)OCCN)OC(=O)CCCCCCCCCCCCCCCCCCCCCCC. The molecule has 0 radical (unpaired) electrons. The van der Waals surface area contributed by atoms with Crippen LogP contribution in [0.3, 0.4) is 0 Å². The second-order valence-corrected chi connectivity index (χ2v) is 17.6. The van der Waals surface area contributed by atoms with Crippen LogP contribution in [-0.2, 0) is 32.7 Å². The topological polar surface area (TPSA) is 155 Å². The van der Waals surface area contributed by atoms with Gasteiger partial charge in [0.25, 0.3) is 0 Å². The van der Waals surface area contributed by atoms with E-state index >= 15 is 0 Å². The third-order valence-electron chi connectivity index (χ3n) is 10.3. The molecule has 0 aliphatic rings. The number of unbranched alkanes of at least 4 members (excludes halogenated alkanes) is 23. The third kappa shape index (κ3) is 44.0. The maximum absolute atomic E-state index is 12.6. The minimum atomic E-state index is -4.42. The standard InChI is InChI=1S/C49H90NO9P/c1-3-5-7-9-11-13-15-17-18-19-20-21-22-23-24-26-28-30-32-34-36-40-49(53)59-47(45-58-60(54,55)57-43-42-50)44-56-48(52)41-37-39-46(51)38-35-33-31-29-27-25-16-14-12-10-8-6-4-2/h12,14,25,27,31,33,35,38,46-47,51H,3-11,13,15-24,26,28-30,32,34,36-37,39-45,50H2,1-2H3,(H,54,55)/b14-12-,27-25-,33-31-,38-35+/t46-,47-/m1/s1. The van der Waals surface area contributed by atoms with E-state index in [1.807, 2.05) is 12.2 Å². The number of phosphoric ester groups is 1. The average molecular weight is 868 g/mol. The van der Waals surface area contributed by atoms with E-state index in [1.165, 1.54) is 128 Å². The van der Waals surface area contributed by atoms with Crippen LogP contribution in [0.4, 0.5) is 0 Å². The molecule has 0 saturated carbocycles. The Morgan fingerprint density at radius 3 is 1.62 bits per heavy atom. The highest BCUT2D eigenvalue weighted by atomic mass is 31.2. The highest BCUT2D eigenvalue weighted by molar-refractivity contribution is 7.47. The number of hydrogen-bond donors (Lipinski definition) is 3. The van der Waals surface area contributed by atoms with E-state index in [4.69, 9.17) is 24.3 Å². The summed E-state index contributed by atoms with van der Waals surface area (Å²) in [6, 6.07) is 0. The number of aliphatic hydroxyl groups excluding tert-OH is 1. The predicted molar refractivity (Wildman–Crippen MR) is 249 cm³/mol. The number of nitrogens with two attached hydrogens (primary N) is 1. The maximum atomic E-state index is 12.6. The summed E-state index contributed by atoms with van der Waals surface area (Å²) in [6.45, 7) is 3.51. The van der Waals surface area contributed by atoms with Crippen LogP contribution in [-0.4, -0.2) is 60.5 Å².